The zero-order valence-corrected chi connectivity index (χ0v) is 14.1. The molecule has 2 aromatic heterocycles. The summed E-state index contributed by atoms with van der Waals surface area (Å²) in [4.78, 5) is 8.92. The summed E-state index contributed by atoms with van der Waals surface area (Å²) < 4.78 is 29.3. The molecular weight excluding hydrogens is 312 g/mol. The van der Waals surface area contributed by atoms with Gasteiger partial charge < -0.3 is 4.57 Å². The summed E-state index contributed by atoms with van der Waals surface area (Å²) in [5.74, 6) is 0.617. The zero-order valence-electron chi connectivity index (χ0n) is 13.2. The Morgan fingerprint density at radius 2 is 1.96 bits per heavy atom. The summed E-state index contributed by atoms with van der Waals surface area (Å²) in [6.45, 7) is 3.96. The molecule has 0 aliphatic heterocycles. The highest BCUT2D eigenvalue weighted by atomic mass is 32.2. The molecule has 0 unspecified atom stereocenters. The van der Waals surface area contributed by atoms with E-state index in [4.69, 9.17) is 0 Å². The second-order valence-electron chi connectivity index (χ2n) is 5.50. The Labute approximate surface area is 135 Å². The summed E-state index contributed by atoms with van der Waals surface area (Å²) in [6.07, 6.45) is 1.69. The Balaban J connectivity index is 1.86. The van der Waals surface area contributed by atoms with Crippen molar-refractivity contribution in [1.29, 1.82) is 0 Å². The Hall–Kier alpha value is -2.25. The fourth-order valence-corrected chi connectivity index (χ4v) is 3.42. The summed E-state index contributed by atoms with van der Waals surface area (Å²) in [7, 11) is -1.75. The molecule has 120 valence electrons. The van der Waals surface area contributed by atoms with Crippen molar-refractivity contribution in [1.82, 2.24) is 19.3 Å². The van der Waals surface area contributed by atoms with E-state index in [9.17, 15) is 8.42 Å². The summed E-state index contributed by atoms with van der Waals surface area (Å²) in [5.41, 5.74) is 3.48. The number of pyridine rings is 1. The maximum atomic E-state index is 12.4. The molecule has 0 atom stereocenters. The lowest BCUT2D eigenvalue weighted by Gasteiger charge is -2.08. The van der Waals surface area contributed by atoms with Crippen LogP contribution in [0.15, 0.2) is 41.4 Å². The predicted molar refractivity (Wildman–Crippen MR) is 88.5 cm³/mol. The number of benzene rings is 1. The van der Waals surface area contributed by atoms with Gasteiger partial charge in [0.2, 0.25) is 10.0 Å². The van der Waals surface area contributed by atoms with Crippen LogP contribution in [-0.4, -0.2) is 23.0 Å². The minimum atomic E-state index is -3.58. The lowest BCUT2D eigenvalue weighted by molar-refractivity contribution is 0.577. The average Bonchev–Trinajstić information content (AvgIpc) is 2.85. The Kier molecular flexibility index (Phi) is 3.91. The molecule has 3 aromatic rings. The van der Waals surface area contributed by atoms with Gasteiger partial charge in [-0.2, -0.15) is 0 Å². The Bertz CT molecular complexity index is 977. The van der Waals surface area contributed by atoms with Gasteiger partial charge in [-0.25, -0.2) is 23.1 Å². The maximum absolute atomic E-state index is 12.4. The number of hydrogen-bond acceptors (Lipinski definition) is 4. The first-order valence-corrected chi connectivity index (χ1v) is 8.70. The van der Waals surface area contributed by atoms with Gasteiger partial charge in [0, 0.05) is 13.2 Å². The van der Waals surface area contributed by atoms with E-state index in [1.54, 1.807) is 29.0 Å². The van der Waals surface area contributed by atoms with E-state index in [0.717, 1.165) is 22.3 Å². The van der Waals surface area contributed by atoms with Gasteiger partial charge in [-0.15, -0.1) is 0 Å². The van der Waals surface area contributed by atoms with Crippen LogP contribution in [0.25, 0.3) is 11.2 Å². The van der Waals surface area contributed by atoms with Crippen molar-refractivity contribution in [3.8, 4) is 0 Å². The largest absolute Gasteiger partial charge is 0.315 e. The lowest BCUT2D eigenvalue weighted by Crippen LogP contribution is -2.24. The number of fused-ring (bicyclic) bond motifs is 1. The van der Waals surface area contributed by atoms with Crippen molar-refractivity contribution in [3.63, 3.8) is 0 Å². The van der Waals surface area contributed by atoms with Gasteiger partial charge in [-0.1, -0.05) is 6.07 Å². The molecular formula is C16H18N4O2S. The smallest absolute Gasteiger partial charge is 0.240 e. The zero-order chi connectivity index (χ0) is 16.6. The van der Waals surface area contributed by atoms with Crippen LogP contribution in [0.4, 0.5) is 0 Å². The molecule has 7 heteroatoms. The third kappa shape index (κ3) is 2.97. The summed E-state index contributed by atoms with van der Waals surface area (Å²) in [6, 6.07) is 8.75. The average molecular weight is 330 g/mol. The quantitative estimate of drug-likeness (QED) is 0.794. The van der Waals surface area contributed by atoms with Crippen LogP contribution in [0, 0.1) is 13.8 Å². The Morgan fingerprint density at radius 3 is 2.65 bits per heavy atom. The van der Waals surface area contributed by atoms with E-state index in [-0.39, 0.29) is 11.4 Å². The number of aromatic nitrogens is 3. The molecule has 0 saturated heterocycles. The predicted octanol–water partition coefficient (Wildman–Crippen LogP) is 2.06. The fraction of sp³-hybridized carbons (Fsp3) is 0.250. The van der Waals surface area contributed by atoms with E-state index >= 15 is 0 Å². The molecule has 3 rings (SSSR count). The third-order valence-electron chi connectivity index (χ3n) is 3.93. The first-order valence-electron chi connectivity index (χ1n) is 7.22. The SMILES string of the molecule is Cc1ccc(S(=O)(=O)NCc2nc3cccnc3n2C)cc1C. The molecule has 0 aliphatic rings. The van der Waals surface area contributed by atoms with Crippen molar-refractivity contribution in [2.24, 2.45) is 7.05 Å². The van der Waals surface area contributed by atoms with Gasteiger partial charge in [-0.05, 0) is 49.2 Å². The van der Waals surface area contributed by atoms with Gasteiger partial charge in [0.05, 0.1) is 11.4 Å². The monoisotopic (exact) mass is 330 g/mol. The maximum Gasteiger partial charge on any atom is 0.240 e. The van der Waals surface area contributed by atoms with Crippen LogP contribution in [-0.2, 0) is 23.6 Å². The number of hydrogen-bond donors (Lipinski definition) is 1. The van der Waals surface area contributed by atoms with E-state index in [0.29, 0.717) is 5.82 Å². The molecule has 0 bridgehead atoms. The minimum absolute atomic E-state index is 0.113. The van der Waals surface area contributed by atoms with Crippen LogP contribution in [0.1, 0.15) is 17.0 Å². The fourth-order valence-electron chi connectivity index (χ4n) is 2.35. The van der Waals surface area contributed by atoms with E-state index in [1.165, 1.54) is 0 Å². The molecule has 0 spiro atoms. The molecule has 2 heterocycles. The first kappa shape index (κ1) is 15.6. The molecule has 0 amide bonds. The van der Waals surface area contributed by atoms with Crippen molar-refractivity contribution in [2.75, 3.05) is 0 Å². The Morgan fingerprint density at radius 1 is 1.17 bits per heavy atom. The summed E-state index contributed by atoms with van der Waals surface area (Å²) >= 11 is 0. The minimum Gasteiger partial charge on any atom is -0.315 e. The van der Waals surface area contributed by atoms with E-state index in [1.807, 2.05) is 33.0 Å². The molecule has 6 nitrogen and oxygen atoms in total. The molecule has 1 aromatic carbocycles. The number of nitrogens with one attached hydrogen (secondary N) is 1. The van der Waals surface area contributed by atoms with Crippen molar-refractivity contribution in [3.05, 3.63) is 53.5 Å². The van der Waals surface area contributed by atoms with E-state index < -0.39 is 10.0 Å². The molecule has 1 N–H and O–H groups in total. The molecule has 0 saturated carbocycles. The second-order valence-corrected chi connectivity index (χ2v) is 7.27. The van der Waals surface area contributed by atoms with Crippen molar-refractivity contribution >= 4 is 21.2 Å². The highest BCUT2D eigenvalue weighted by Crippen LogP contribution is 2.16. The molecule has 23 heavy (non-hydrogen) atoms. The van der Waals surface area contributed by atoms with Crippen LogP contribution >= 0.6 is 0 Å². The van der Waals surface area contributed by atoms with Crippen molar-refractivity contribution in [2.45, 2.75) is 25.3 Å². The standard InChI is InChI=1S/C16H18N4O2S/c1-11-6-7-13(9-12(11)2)23(21,22)18-10-15-19-14-5-4-8-17-16(14)20(15)3/h4-9,18H,10H2,1-3H3. The molecule has 0 fully saturated rings. The van der Waals surface area contributed by atoms with Crippen LogP contribution in [0.3, 0.4) is 0 Å². The normalized spacial score (nSPS) is 12.0. The second kappa shape index (κ2) is 5.75. The van der Waals surface area contributed by atoms with Crippen molar-refractivity contribution < 1.29 is 8.42 Å². The number of imidazole rings is 1. The highest BCUT2D eigenvalue weighted by Gasteiger charge is 2.16. The highest BCUT2D eigenvalue weighted by molar-refractivity contribution is 7.89. The van der Waals surface area contributed by atoms with E-state index in [2.05, 4.69) is 14.7 Å². The number of aryl methyl sites for hydroxylation is 3. The van der Waals surface area contributed by atoms with Crippen LogP contribution < -0.4 is 4.72 Å². The van der Waals surface area contributed by atoms with Gasteiger partial charge >= 0.3 is 0 Å². The number of sulfonamides is 1. The number of rotatable bonds is 4. The van der Waals surface area contributed by atoms with Crippen LogP contribution in [0.2, 0.25) is 0 Å². The van der Waals surface area contributed by atoms with Gasteiger partial charge in [0.15, 0.2) is 5.65 Å². The van der Waals surface area contributed by atoms with Gasteiger partial charge in [-0.3, -0.25) is 0 Å². The first-order chi connectivity index (χ1) is 10.9. The topological polar surface area (TPSA) is 76.9 Å². The molecule has 0 aliphatic carbocycles. The summed E-state index contributed by atoms with van der Waals surface area (Å²) in [5, 5.41) is 0. The lowest BCUT2D eigenvalue weighted by atomic mass is 10.1. The van der Waals surface area contributed by atoms with Gasteiger partial charge in [0.25, 0.3) is 0 Å². The van der Waals surface area contributed by atoms with Crippen LogP contribution in [0.5, 0.6) is 0 Å². The third-order valence-corrected chi connectivity index (χ3v) is 5.33. The number of nitrogens with zero attached hydrogens (tertiary/aromatic N) is 3. The molecule has 0 radical (unpaired) electrons. The van der Waals surface area contributed by atoms with Gasteiger partial charge in [0.1, 0.15) is 11.3 Å².